The minimum Gasteiger partial charge on any atom is -0.298 e. The number of hydrogen-bond donors (Lipinski definition) is 0. The van der Waals surface area contributed by atoms with Gasteiger partial charge in [-0.25, -0.2) is 9.97 Å². The SMILES string of the molecule is CCCC(=O)C1C(=O)CC(c2c(C)nc(C)nc2C)CC1=O. The standard InChI is InChI=1S/C17H22N2O3/c1-5-6-13(20)17-14(21)7-12(8-15(17)22)16-9(2)18-11(4)19-10(16)3/h12,17H,5-8H2,1-4H3. The molecule has 5 nitrogen and oxygen atoms in total. The van der Waals surface area contributed by atoms with Crippen molar-refractivity contribution in [3.8, 4) is 0 Å². The molecule has 0 aliphatic heterocycles. The van der Waals surface area contributed by atoms with Gasteiger partial charge in [0.25, 0.3) is 0 Å². The van der Waals surface area contributed by atoms with Crippen LogP contribution in [0.2, 0.25) is 0 Å². The van der Waals surface area contributed by atoms with Crippen LogP contribution in [-0.2, 0) is 14.4 Å². The van der Waals surface area contributed by atoms with E-state index in [4.69, 9.17) is 0 Å². The highest BCUT2D eigenvalue weighted by atomic mass is 16.2. The third-order valence-electron chi connectivity index (χ3n) is 4.20. The van der Waals surface area contributed by atoms with Gasteiger partial charge in [0.05, 0.1) is 0 Å². The minimum absolute atomic E-state index is 0.203. The Balaban J connectivity index is 2.27. The average molecular weight is 302 g/mol. The Morgan fingerprint density at radius 3 is 2.00 bits per heavy atom. The molecular formula is C17H22N2O3. The number of aryl methyl sites for hydroxylation is 3. The van der Waals surface area contributed by atoms with Gasteiger partial charge in [0.1, 0.15) is 11.7 Å². The average Bonchev–Trinajstić information content (AvgIpc) is 2.36. The van der Waals surface area contributed by atoms with Gasteiger partial charge in [-0.1, -0.05) is 6.92 Å². The Hall–Kier alpha value is -1.91. The van der Waals surface area contributed by atoms with Gasteiger partial charge in [-0.2, -0.15) is 0 Å². The molecule has 0 atom stereocenters. The van der Waals surface area contributed by atoms with Crippen LogP contribution in [0, 0.1) is 26.7 Å². The van der Waals surface area contributed by atoms with Crippen LogP contribution in [0.15, 0.2) is 0 Å². The van der Waals surface area contributed by atoms with Crippen LogP contribution in [-0.4, -0.2) is 27.3 Å². The Morgan fingerprint density at radius 2 is 1.55 bits per heavy atom. The molecule has 0 unspecified atom stereocenters. The molecule has 0 radical (unpaired) electrons. The molecule has 1 heterocycles. The number of ketones is 3. The summed E-state index contributed by atoms with van der Waals surface area (Å²) >= 11 is 0. The first kappa shape index (κ1) is 16.5. The zero-order valence-electron chi connectivity index (χ0n) is 13.6. The monoisotopic (exact) mass is 302 g/mol. The Bertz CT molecular complexity index is 596. The molecule has 0 amide bonds. The summed E-state index contributed by atoms with van der Waals surface area (Å²) in [5.74, 6) is -1.29. The molecule has 5 heteroatoms. The van der Waals surface area contributed by atoms with E-state index < -0.39 is 5.92 Å². The Morgan fingerprint density at radius 1 is 1.05 bits per heavy atom. The first-order chi connectivity index (χ1) is 10.3. The maximum absolute atomic E-state index is 12.3. The van der Waals surface area contributed by atoms with Crippen molar-refractivity contribution >= 4 is 17.3 Å². The second-order valence-electron chi connectivity index (χ2n) is 6.04. The summed E-state index contributed by atoms with van der Waals surface area (Å²) in [6, 6.07) is 0. The zero-order valence-corrected chi connectivity index (χ0v) is 13.6. The van der Waals surface area contributed by atoms with Crippen LogP contribution in [0.4, 0.5) is 0 Å². The summed E-state index contributed by atoms with van der Waals surface area (Å²) in [4.78, 5) is 45.3. The minimum atomic E-state index is -1.04. The second-order valence-corrected chi connectivity index (χ2v) is 6.04. The number of rotatable bonds is 4. The number of carbonyl (C=O) groups is 3. The van der Waals surface area contributed by atoms with E-state index in [1.54, 1.807) is 0 Å². The van der Waals surface area contributed by atoms with Crippen molar-refractivity contribution in [1.29, 1.82) is 0 Å². The highest BCUT2D eigenvalue weighted by Crippen LogP contribution is 2.35. The van der Waals surface area contributed by atoms with Crippen LogP contribution in [0.25, 0.3) is 0 Å². The molecule has 1 saturated carbocycles. The van der Waals surface area contributed by atoms with Gasteiger partial charge in [-0.15, -0.1) is 0 Å². The number of Topliss-reactive ketones (excluding diaryl/α,β-unsaturated/α-hetero) is 3. The van der Waals surface area contributed by atoms with Crippen molar-refractivity contribution in [3.05, 3.63) is 22.8 Å². The van der Waals surface area contributed by atoms with Crippen molar-refractivity contribution in [1.82, 2.24) is 9.97 Å². The van der Waals surface area contributed by atoms with Gasteiger partial charge < -0.3 is 0 Å². The molecule has 1 aromatic rings. The lowest BCUT2D eigenvalue weighted by atomic mass is 9.74. The van der Waals surface area contributed by atoms with Crippen LogP contribution >= 0.6 is 0 Å². The first-order valence-electron chi connectivity index (χ1n) is 7.75. The number of nitrogens with zero attached hydrogens (tertiary/aromatic N) is 2. The molecule has 1 aliphatic carbocycles. The van der Waals surface area contributed by atoms with Gasteiger partial charge in [0.15, 0.2) is 17.3 Å². The van der Waals surface area contributed by atoms with E-state index in [2.05, 4.69) is 9.97 Å². The number of aromatic nitrogens is 2. The van der Waals surface area contributed by atoms with E-state index >= 15 is 0 Å². The third kappa shape index (κ3) is 3.13. The summed E-state index contributed by atoms with van der Waals surface area (Å²) in [5, 5.41) is 0. The number of carbonyl (C=O) groups excluding carboxylic acids is 3. The fraction of sp³-hybridized carbons (Fsp3) is 0.588. The lowest BCUT2D eigenvalue weighted by Crippen LogP contribution is -2.38. The van der Waals surface area contributed by atoms with Gasteiger partial charge in [0.2, 0.25) is 0 Å². The maximum atomic E-state index is 12.3. The summed E-state index contributed by atoms with van der Waals surface area (Å²) in [5.41, 5.74) is 2.51. The highest BCUT2D eigenvalue weighted by Gasteiger charge is 2.40. The van der Waals surface area contributed by atoms with Crippen molar-refractivity contribution in [2.24, 2.45) is 5.92 Å². The van der Waals surface area contributed by atoms with Gasteiger partial charge in [0, 0.05) is 36.6 Å². The predicted octanol–water partition coefficient (Wildman–Crippen LogP) is 2.40. The van der Waals surface area contributed by atoms with E-state index in [9.17, 15) is 14.4 Å². The lowest BCUT2D eigenvalue weighted by Gasteiger charge is -2.27. The predicted molar refractivity (Wildman–Crippen MR) is 81.6 cm³/mol. The van der Waals surface area contributed by atoms with Gasteiger partial charge in [-0.3, -0.25) is 14.4 Å². The van der Waals surface area contributed by atoms with Crippen molar-refractivity contribution in [2.75, 3.05) is 0 Å². The number of hydrogen-bond acceptors (Lipinski definition) is 5. The molecule has 0 saturated heterocycles. The topological polar surface area (TPSA) is 77.0 Å². The largest absolute Gasteiger partial charge is 0.298 e. The molecule has 1 fully saturated rings. The smallest absolute Gasteiger partial charge is 0.151 e. The van der Waals surface area contributed by atoms with E-state index in [1.807, 2.05) is 27.7 Å². The molecular weight excluding hydrogens is 280 g/mol. The molecule has 2 rings (SSSR count). The van der Waals surface area contributed by atoms with Crippen LogP contribution in [0.5, 0.6) is 0 Å². The summed E-state index contributed by atoms with van der Waals surface area (Å²) in [6.07, 6.45) is 1.39. The van der Waals surface area contributed by atoms with E-state index in [0.29, 0.717) is 18.7 Å². The van der Waals surface area contributed by atoms with Gasteiger partial charge in [-0.05, 0) is 32.8 Å². The van der Waals surface area contributed by atoms with Crippen LogP contribution < -0.4 is 0 Å². The van der Waals surface area contributed by atoms with Crippen molar-refractivity contribution in [3.63, 3.8) is 0 Å². The highest BCUT2D eigenvalue weighted by molar-refractivity contribution is 6.21. The van der Waals surface area contributed by atoms with Crippen LogP contribution in [0.1, 0.15) is 61.3 Å². The molecule has 118 valence electrons. The first-order valence-corrected chi connectivity index (χ1v) is 7.75. The maximum Gasteiger partial charge on any atom is 0.151 e. The zero-order chi connectivity index (χ0) is 16.4. The fourth-order valence-electron chi connectivity index (χ4n) is 3.41. The normalized spacial score (nSPS) is 22.0. The lowest BCUT2D eigenvalue weighted by molar-refractivity contribution is -0.142. The molecule has 1 aliphatic rings. The Labute approximate surface area is 130 Å². The summed E-state index contributed by atoms with van der Waals surface area (Å²) in [7, 11) is 0. The molecule has 1 aromatic heterocycles. The summed E-state index contributed by atoms with van der Waals surface area (Å²) < 4.78 is 0. The van der Waals surface area contributed by atoms with Crippen molar-refractivity contribution < 1.29 is 14.4 Å². The molecule has 22 heavy (non-hydrogen) atoms. The Kier molecular flexibility index (Phi) is 4.84. The van der Waals surface area contributed by atoms with Gasteiger partial charge >= 0.3 is 0 Å². The molecule has 0 N–H and O–H groups in total. The van der Waals surface area contributed by atoms with E-state index in [1.165, 1.54) is 0 Å². The van der Waals surface area contributed by atoms with E-state index in [0.717, 1.165) is 17.0 Å². The fourth-order valence-corrected chi connectivity index (χ4v) is 3.41. The summed E-state index contributed by atoms with van der Waals surface area (Å²) in [6.45, 7) is 7.44. The third-order valence-corrected chi connectivity index (χ3v) is 4.20. The second kappa shape index (κ2) is 6.46. The molecule has 0 bridgehead atoms. The van der Waals surface area contributed by atoms with Crippen molar-refractivity contribution in [2.45, 2.75) is 59.3 Å². The van der Waals surface area contributed by atoms with E-state index in [-0.39, 0.29) is 36.1 Å². The molecule has 0 aromatic carbocycles. The quantitative estimate of drug-likeness (QED) is 0.798. The van der Waals surface area contributed by atoms with Crippen LogP contribution in [0.3, 0.4) is 0 Å². The molecule has 0 spiro atoms.